The maximum absolute atomic E-state index is 13.3. The Kier molecular flexibility index (Phi) is 4.38. The molecular formula is C15H11BrClFO. The largest absolute Gasteiger partial charge is 0.294 e. The molecule has 0 spiro atoms. The molecule has 0 bridgehead atoms. The number of carbonyl (C=O) groups is 1. The highest BCUT2D eigenvalue weighted by Crippen LogP contribution is 2.20. The van der Waals surface area contributed by atoms with Crippen LogP contribution in [0.2, 0.25) is 5.02 Å². The summed E-state index contributed by atoms with van der Waals surface area (Å²) in [6, 6.07) is 9.91. The van der Waals surface area contributed by atoms with Gasteiger partial charge in [-0.15, -0.1) is 0 Å². The fourth-order valence-corrected chi connectivity index (χ4v) is 2.46. The van der Waals surface area contributed by atoms with Crippen LogP contribution in [0.15, 0.2) is 40.9 Å². The lowest BCUT2D eigenvalue weighted by Crippen LogP contribution is -2.06. The maximum Gasteiger partial charge on any atom is 0.167 e. The van der Waals surface area contributed by atoms with Crippen LogP contribution in [0.4, 0.5) is 4.39 Å². The van der Waals surface area contributed by atoms with E-state index in [-0.39, 0.29) is 17.2 Å². The molecule has 0 aliphatic heterocycles. The number of rotatable bonds is 3. The number of hydrogen-bond donors (Lipinski definition) is 0. The fourth-order valence-electron chi connectivity index (χ4n) is 1.87. The summed E-state index contributed by atoms with van der Waals surface area (Å²) in [5.41, 5.74) is 2.17. The van der Waals surface area contributed by atoms with Gasteiger partial charge in [0, 0.05) is 16.5 Å². The second kappa shape index (κ2) is 5.85. The molecule has 0 fully saturated rings. The molecule has 0 amide bonds. The molecule has 0 saturated carbocycles. The summed E-state index contributed by atoms with van der Waals surface area (Å²) in [6.45, 7) is 1.88. The third kappa shape index (κ3) is 3.43. The normalized spacial score (nSPS) is 10.5. The minimum atomic E-state index is -0.500. The zero-order valence-corrected chi connectivity index (χ0v) is 12.6. The van der Waals surface area contributed by atoms with Gasteiger partial charge in [-0.1, -0.05) is 39.7 Å². The number of carbonyl (C=O) groups excluding carboxylic acids is 1. The maximum atomic E-state index is 13.3. The highest BCUT2D eigenvalue weighted by Gasteiger charge is 2.11. The van der Waals surface area contributed by atoms with Gasteiger partial charge in [0.25, 0.3) is 0 Å². The summed E-state index contributed by atoms with van der Waals surface area (Å²) < 4.78 is 14.2. The van der Waals surface area contributed by atoms with Gasteiger partial charge in [0.15, 0.2) is 5.78 Å². The van der Waals surface area contributed by atoms with Crippen LogP contribution in [0.3, 0.4) is 0 Å². The average Bonchev–Trinajstić information content (AvgIpc) is 2.33. The van der Waals surface area contributed by atoms with Crippen molar-refractivity contribution >= 4 is 33.3 Å². The molecule has 19 heavy (non-hydrogen) atoms. The second-order valence-corrected chi connectivity index (χ2v) is 5.63. The number of benzene rings is 2. The van der Waals surface area contributed by atoms with E-state index in [1.165, 1.54) is 12.1 Å². The van der Waals surface area contributed by atoms with Crippen LogP contribution in [0.5, 0.6) is 0 Å². The third-order valence-electron chi connectivity index (χ3n) is 2.84. The summed E-state index contributed by atoms with van der Waals surface area (Å²) >= 11 is 8.97. The molecule has 1 nitrogen and oxygen atoms in total. The smallest absolute Gasteiger partial charge is 0.167 e. The van der Waals surface area contributed by atoms with E-state index in [2.05, 4.69) is 15.9 Å². The summed E-state index contributed by atoms with van der Waals surface area (Å²) in [5.74, 6) is -0.536. The molecule has 2 aromatic carbocycles. The van der Waals surface area contributed by atoms with E-state index in [1.807, 2.05) is 19.1 Å². The molecule has 0 heterocycles. The molecule has 0 aliphatic carbocycles. The first kappa shape index (κ1) is 14.2. The second-order valence-electron chi connectivity index (χ2n) is 4.31. The minimum Gasteiger partial charge on any atom is -0.294 e. The van der Waals surface area contributed by atoms with E-state index in [0.717, 1.165) is 10.0 Å². The van der Waals surface area contributed by atoms with E-state index in [1.54, 1.807) is 12.1 Å². The molecule has 0 aromatic heterocycles. The molecule has 0 atom stereocenters. The number of Topliss-reactive ketones (excluding diaryl/α,β-unsaturated/α-hetero) is 1. The Morgan fingerprint density at radius 2 is 2.00 bits per heavy atom. The molecule has 2 aromatic rings. The molecule has 2 rings (SSSR count). The van der Waals surface area contributed by atoms with E-state index >= 15 is 0 Å². The van der Waals surface area contributed by atoms with Crippen molar-refractivity contribution in [1.82, 2.24) is 0 Å². The predicted octanol–water partition coefficient (Wildman–Crippen LogP) is 4.98. The van der Waals surface area contributed by atoms with Gasteiger partial charge < -0.3 is 0 Å². The monoisotopic (exact) mass is 340 g/mol. The minimum absolute atomic E-state index is 0.0354. The quantitative estimate of drug-likeness (QED) is 0.720. The Morgan fingerprint density at radius 1 is 1.26 bits per heavy atom. The van der Waals surface area contributed by atoms with Gasteiger partial charge in [0.05, 0.1) is 5.02 Å². The molecule has 0 radical (unpaired) electrons. The molecule has 98 valence electrons. The van der Waals surface area contributed by atoms with Crippen molar-refractivity contribution in [3.8, 4) is 0 Å². The SMILES string of the molecule is Cc1cc(Br)ccc1C(=O)Cc1ccc(Cl)c(F)c1. The van der Waals surface area contributed by atoms with Crippen LogP contribution in [0, 0.1) is 12.7 Å². The molecule has 0 unspecified atom stereocenters. The van der Waals surface area contributed by atoms with Crippen LogP contribution < -0.4 is 0 Å². The van der Waals surface area contributed by atoms with Crippen molar-refractivity contribution < 1.29 is 9.18 Å². The van der Waals surface area contributed by atoms with Crippen LogP contribution in [0.1, 0.15) is 21.5 Å². The number of ketones is 1. The lowest BCUT2D eigenvalue weighted by Gasteiger charge is -2.06. The Morgan fingerprint density at radius 3 is 2.63 bits per heavy atom. The third-order valence-corrected chi connectivity index (χ3v) is 3.64. The molecule has 0 saturated heterocycles. The topological polar surface area (TPSA) is 17.1 Å². The zero-order chi connectivity index (χ0) is 14.0. The summed E-state index contributed by atoms with van der Waals surface area (Å²) in [5, 5.41) is 0.0658. The van der Waals surface area contributed by atoms with Crippen molar-refractivity contribution in [2.45, 2.75) is 13.3 Å². The van der Waals surface area contributed by atoms with Gasteiger partial charge >= 0.3 is 0 Å². The van der Waals surface area contributed by atoms with Crippen molar-refractivity contribution in [3.63, 3.8) is 0 Å². The standard InChI is InChI=1S/C15H11BrClFO/c1-9-6-11(16)3-4-12(9)15(19)8-10-2-5-13(17)14(18)7-10/h2-7H,8H2,1H3. The fraction of sp³-hybridized carbons (Fsp3) is 0.133. The Balaban J connectivity index is 2.23. The van der Waals surface area contributed by atoms with Crippen molar-refractivity contribution in [2.24, 2.45) is 0 Å². The molecular weight excluding hydrogens is 331 g/mol. The van der Waals surface area contributed by atoms with Gasteiger partial charge in [-0.2, -0.15) is 0 Å². The van der Waals surface area contributed by atoms with Crippen molar-refractivity contribution in [3.05, 3.63) is 68.4 Å². The van der Waals surface area contributed by atoms with Crippen LogP contribution in [-0.2, 0) is 6.42 Å². The highest BCUT2D eigenvalue weighted by molar-refractivity contribution is 9.10. The van der Waals surface area contributed by atoms with Crippen molar-refractivity contribution in [1.29, 1.82) is 0 Å². The molecule has 0 aliphatic rings. The van der Waals surface area contributed by atoms with Crippen molar-refractivity contribution in [2.75, 3.05) is 0 Å². The highest BCUT2D eigenvalue weighted by atomic mass is 79.9. The van der Waals surface area contributed by atoms with Crippen LogP contribution in [-0.4, -0.2) is 5.78 Å². The number of aryl methyl sites for hydroxylation is 1. The van der Waals surface area contributed by atoms with E-state index in [9.17, 15) is 9.18 Å². The first-order valence-corrected chi connectivity index (χ1v) is 6.88. The van der Waals surface area contributed by atoms with Gasteiger partial charge in [-0.05, 0) is 42.3 Å². The summed E-state index contributed by atoms with van der Waals surface area (Å²) in [7, 11) is 0. The zero-order valence-electron chi connectivity index (χ0n) is 10.2. The van der Waals surface area contributed by atoms with E-state index in [4.69, 9.17) is 11.6 Å². The van der Waals surface area contributed by atoms with E-state index in [0.29, 0.717) is 11.1 Å². The van der Waals surface area contributed by atoms with Gasteiger partial charge in [-0.3, -0.25) is 4.79 Å². The van der Waals surface area contributed by atoms with Gasteiger partial charge in [0.2, 0.25) is 0 Å². The predicted molar refractivity (Wildman–Crippen MR) is 78.3 cm³/mol. The van der Waals surface area contributed by atoms with Crippen LogP contribution in [0.25, 0.3) is 0 Å². The van der Waals surface area contributed by atoms with Gasteiger partial charge in [-0.25, -0.2) is 4.39 Å². The lowest BCUT2D eigenvalue weighted by molar-refractivity contribution is 0.0992. The lowest BCUT2D eigenvalue weighted by atomic mass is 9.99. The Hall–Kier alpha value is -1.19. The summed E-state index contributed by atoms with van der Waals surface area (Å²) in [6.07, 6.45) is 0.163. The number of halogens is 3. The Bertz CT molecular complexity index is 640. The summed E-state index contributed by atoms with van der Waals surface area (Å²) in [4.78, 5) is 12.2. The Labute approximate surface area is 124 Å². The van der Waals surface area contributed by atoms with Crippen LogP contribution >= 0.6 is 27.5 Å². The molecule has 4 heteroatoms. The first-order chi connectivity index (χ1) is 8.97. The van der Waals surface area contributed by atoms with E-state index < -0.39 is 5.82 Å². The first-order valence-electron chi connectivity index (χ1n) is 5.70. The van der Waals surface area contributed by atoms with Gasteiger partial charge in [0.1, 0.15) is 5.82 Å². The molecule has 0 N–H and O–H groups in total. The average molecular weight is 342 g/mol. The number of hydrogen-bond acceptors (Lipinski definition) is 1.